The summed E-state index contributed by atoms with van der Waals surface area (Å²) in [5.41, 5.74) is 5.74. The second-order valence-corrected chi connectivity index (χ2v) is 2.71. The van der Waals surface area contributed by atoms with Gasteiger partial charge in [-0.3, -0.25) is 0 Å². The number of rotatable bonds is 3. The first-order valence-corrected chi connectivity index (χ1v) is 3.70. The summed E-state index contributed by atoms with van der Waals surface area (Å²) in [6.07, 6.45) is 3.61. The van der Waals surface area contributed by atoms with Crippen LogP contribution in [0.5, 0.6) is 0 Å². The molecule has 3 nitrogen and oxygen atoms in total. The van der Waals surface area contributed by atoms with Crippen molar-refractivity contribution in [1.29, 1.82) is 0 Å². The largest absolute Gasteiger partial charge is 0.359 e. The van der Waals surface area contributed by atoms with E-state index in [2.05, 4.69) is 0 Å². The molecule has 0 radical (unpaired) electrons. The highest BCUT2D eigenvalue weighted by Crippen LogP contribution is 2.19. The Morgan fingerprint density at radius 2 is 2.30 bits per heavy atom. The lowest BCUT2D eigenvalue weighted by Crippen LogP contribution is -2.31. The fourth-order valence-corrected chi connectivity index (χ4v) is 1.32. The molecule has 0 aromatic rings. The van der Waals surface area contributed by atoms with Gasteiger partial charge >= 0.3 is 0 Å². The molecule has 0 heterocycles. The first-order chi connectivity index (χ1) is 4.84. The lowest BCUT2D eigenvalue weighted by Gasteiger charge is -2.14. The van der Waals surface area contributed by atoms with Gasteiger partial charge in [-0.15, -0.1) is 0 Å². The fourth-order valence-electron chi connectivity index (χ4n) is 1.32. The highest BCUT2D eigenvalue weighted by molar-refractivity contribution is 4.80. The van der Waals surface area contributed by atoms with Crippen LogP contribution in [0.15, 0.2) is 0 Å². The van der Waals surface area contributed by atoms with Crippen LogP contribution in [0.25, 0.3) is 0 Å². The van der Waals surface area contributed by atoms with Crippen molar-refractivity contribution in [3.8, 4) is 0 Å². The zero-order valence-corrected chi connectivity index (χ0v) is 6.38. The van der Waals surface area contributed by atoms with E-state index in [0.717, 1.165) is 12.8 Å². The molecule has 1 aliphatic carbocycles. The van der Waals surface area contributed by atoms with Gasteiger partial charge in [0.2, 0.25) is 0 Å². The number of ether oxygens (including phenoxy) is 2. The molecule has 3 heteroatoms. The van der Waals surface area contributed by atoms with Gasteiger partial charge < -0.3 is 15.2 Å². The summed E-state index contributed by atoms with van der Waals surface area (Å²) in [6.45, 7) is 0.373. The van der Waals surface area contributed by atoms with E-state index in [1.54, 1.807) is 7.11 Å². The lowest BCUT2D eigenvalue weighted by molar-refractivity contribution is -0.0732. The molecule has 60 valence electrons. The molecular weight excluding hydrogens is 130 g/mol. The van der Waals surface area contributed by atoms with Crippen molar-refractivity contribution in [2.75, 3.05) is 13.9 Å². The van der Waals surface area contributed by atoms with Crippen molar-refractivity contribution in [3.63, 3.8) is 0 Å². The Morgan fingerprint density at radius 3 is 2.80 bits per heavy atom. The topological polar surface area (TPSA) is 44.5 Å². The maximum Gasteiger partial charge on any atom is 0.146 e. The van der Waals surface area contributed by atoms with E-state index in [9.17, 15) is 0 Å². The molecule has 0 saturated heterocycles. The van der Waals surface area contributed by atoms with Crippen molar-refractivity contribution in [1.82, 2.24) is 0 Å². The summed E-state index contributed by atoms with van der Waals surface area (Å²) in [5, 5.41) is 0. The van der Waals surface area contributed by atoms with Gasteiger partial charge in [0.15, 0.2) is 0 Å². The minimum Gasteiger partial charge on any atom is -0.359 e. The fraction of sp³-hybridized carbons (Fsp3) is 1.00. The number of hydrogen-bond donors (Lipinski definition) is 1. The second kappa shape index (κ2) is 3.91. The van der Waals surface area contributed by atoms with Crippen molar-refractivity contribution < 1.29 is 9.47 Å². The van der Waals surface area contributed by atoms with Crippen LogP contribution in [0.1, 0.15) is 19.3 Å². The van der Waals surface area contributed by atoms with E-state index in [-0.39, 0.29) is 12.1 Å². The summed E-state index contributed by atoms with van der Waals surface area (Å²) in [5.74, 6) is 0. The number of methoxy groups -OCH3 is 1. The van der Waals surface area contributed by atoms with Crippen LogP contribution in [0, 0.1) is 0 Å². The summed E-state index contributed by atoms with van der Waals surface area (Å²) in [4.78, 5) is 0. The highest BCUT2D eigenvalue weighted by Gasteiger charge is 2.23. The minimum atomic E-state index is 0.232. The Balaban J connectivity index is 2.14. The summed E-state index contributed by atoms with van der Waals surface area (Å²) >= 11 is 0. The van der Waals surface area contributed by atoms with E-state index in [1.807, 2.05) is 0 Å². The summed E-state index contributed by atoms with van der Waals surface area (Å²) in [7, 11) is 1.63. The van der Waals surface area contributed by atoms with Gasteiger partial charge in [-0.1, -0.05) is 0 Å². The van der Waals surface area contributed by atoms with Crippen molar-refractivity contribution in [2.45, 2.75) is 31.4 Å². The molecule has 10 heavy (non-hydrogen) atoms. The molecule has 2 atom stereocenters. The smallest absolute Gasteiger partial charge is 0.146 e. The van der Waals surface area contributed by atoms with Gasteiger partial charge in [0.1, 0.15) is 6.79 Å². The van der Waals surface area contributed by atoms with Crippen LogP contribution in [0.3, 0.4) is 0 Å². The number of hydrogen-bond acceptors (Lipinski definition) is 3. The molecule has 0 bridgehead atoms. The third kappa shape index (κ3) is 1.94. The molecule has 0 aliphatic heterocycles. The van der Waals surface area contributed by atoms with E-state index in [1.165, 1.54) is 6.42 Å². The summed E-state index contributed by atoms with van der Waals surface area (Å²) < 4.78 is 10.1. The summed E-state index contributed by atoms with van der Waals surface area (Å²) in [6, 6.07) is 0.232. The van der Waals surface area contributed by atoms with Gasteiger partial charge in [-0.05, 0) is 19.3 Å². The zero-order valence-electron chi connectivity index (χ0n) is 6.38. The van der Waals surface area contributed by atoms with Gasteiger partial charge in [0, 0.05) is 13.2 Å². The predicted octanol–water partition coefficient (Wildman–Crippen LogP) is 0.487. The van der Waals surface area contributed by atoms with Crippen LogP contribution >= 0.6 is 0 Å². The molecule has 2 unspecified atom stereocenters. The van der Waals surface area contributed by atoms with Gasteiger partial charge in [0.25, 0.3) is 0 Å². The Kier molecular flexibility index (Phi) is 3.12. The van der Waals surface area contributed by atoms with E-state index in [4.69, 9.17) is 15.2 Å². The molecule has 0 spiro atoms. The van der Waals surface area contributed by atoms with Crippen molar-refractivity contribution in [2.24, 2.45) is 5.73 Å². The monoisotopic (exact) mass is 145 g/mol. The molecule has 1 aliphatic rings. The number of nitrogens with two attached hydrogens (primary N) is 1. The molecule has 0 aromatic carbocycles. The van der Waals surface area contributed by atoms with Gasteiger partial charge in [-0.25, -0.2) is 0 Å². The molecule has 1 rings (SSSR count). The second-order valence-electron chi connectivity index (χ2n) is 2.71. The average molecular weight is 145 g/mol. The molecule has 2 N–H and O–H groups in total. The molecule has 0 amide bonds. The maximum atomic E-state index is 5.74. The van der Waals surface area contributed by atoms with Gasteiger partial charge in [-0.2, -0.15) is 0 Å². The molecule has 1 fully saturated rings. The Bertz CT molecular complexity index is 97.6. The van der Waals surface area contributed by atoms with Crippen LogP contribution in [0.2, 0.25) is 0 Å². The molecule has 1 saturated carbocycles. The predicted molar refractivity (Wildman–Crippen MR) is 38.6 cm³/mol. The standard InChI is InChI=1S/C7H15NO2/c1-9-5-10-7-4-2-3-6(7)8/h6-7H,2-5,8H2,1H3. The first-order valence-electron chi connectivity index (χ1n) is 3.70. The third-order valence-corrected chi connectivity index (χ3v) is 1.90. The Labute approximate surface area is 61.5 Å². The SMILES string of the molecule is COCOC1CCCC1N. The van der Waals surface area contributed by atoms with Crippen LogP contribution in [-0.2, 0) is 9.47 Å². The average Bonchev–Trinajstić information content (AvgIpc) is 2.31. The Morgan fingerprint density at radius 1 is 1.50 bits per heavy atom. The molecular formula is C7H15NO2. The van der Waals surface area contributed by atoms with E-state index < -0.39 is 0 Å². The third-order valence-electron chi connectivity index (χ3n) is 1.90. The van der Waals surface area contributed by atoms with Gasteiger partial charge in [0.05, 0.1) is 6.10 Å². The van der Waals surface area contributed by atoms with E-state index >= 15 is 0 Å². The Hall–Kier alpha value is -0.120. The zero-order chi connectivity index (χ0) is 7.40. The van der Waals surface area contributed by atoms with Crippen LogP contribution < -0.4 is 5.73 Å². The normalized spacial score (nSPS) is 33.0. The van der Waals surface area contributed by atoms with E-state index in [0.29, 0.717) is 6.79 Å². The lowest BCUT2D eigenvalue weighted by atomic mass is 10.2. The highest BCUT2D eigenvalue weighted by atomic mass is 16.7. The first kappa shape index (κ1) is 7.98. The molecule has 0 aromatic heterocycles. The maximum absolute atomic E-state index is 5.74. The van der Waals surface area contributed by atoms with Crippen molar-refractivity contribution in [3.05, 3.63) is 0 Å². The van der Waals surface area contributed by atoms with Crippen LogP contribution in [-0.4, -0.2) is 26.0 Å². The quantitative estimate of drug-likeness (QED) is 0.588. The van der Waals surface area contributed by atoms with Crippen molar-refractivity contribution >= 4 is 0 Å². The minimum absolute atomic E-state index is 0.232. The van der Waals surface area contributed by atoms with Crippen LogP contribution in [0.4, 0.5) is 0 Å².